The molecule has 1 heterocycles. The van der Waals surface area contributed by atoms with Crippen LogP contribution in [0.3, 0.4) is 0 Å². The van der Waals surface area contributed by atoms with Crippen molar-refractivity contribution in [1.29, 1.82) is 0 Å². The Morgan fingerprint density at radius 3 is 2.79 bits per heavy atom. The zero-order chi connectivity index (χ0) is 14.0. The van der Waals surface area contributed by atoms with Crippen molar-refractivity contribution in [2.75, 3.05) is 13.6 Å². The fourth-order valence-electron chi connectivity index (χ4n) is 2.73. The van der Waals surface area contributed by atoms with E-state index < -0.39 is 0 Å². The minimum atomic E-state index is 0.229. The van der Waals surface area contributed by atoms with Crippen LogP contribution in [0.1, 0.15) is 38.3 Å². The lowest BCUT2D eigenvalue weighted by Crippen LogP contribution is -2.46. The molecule has 1 saturated heterocycles. The van der Waals surface area contributed by atoms with Gasteiger partial charge in [0, 0.05) is 28.2 Å². The number of nitrogens with zero attached hydrogens (tertiary/aromatic N) is 1. The number of rotatable bonds is 3. The molecular formula is C15H22Cl2N2. The minimum Gasteiger partial charge on any atom is -0.307 e. The van der Waals surface area contributed by atoms with Crippen molar-refractivity contribution in [2.45, 2.75) is 44.8 Å². The average Bonchev–Trinajstić information content (AvgIpc) is 2.36. The quantitative estimate of drug-likeness (QED) is 0.903. The van der Waals surface area contributed by atoms with Crippen LogP contribution in [0.15, 0.2) is 18.2 Å². The fourth-order valence-corrected chi connectivity index (χ4v) is 3.19. The second-order valence-electron chi connectivity index (χ2n) is 5.61. The lowest BCUT2D eigenvalue weighted by atomic mass is 9.97. The Morgan fingerprint density at radius 1 is 1.37 bits per heavy atom. The van der Waals surface area contributed by atoms with Crippen molar-refractivity contribution in [3.05, 3.63) is 33.8 Å². The van der Waals surface area contributed by atoms with E-state index in [0.29, 0.717) is 12.1 Å². The minimum absolute atomic E-state index is 0.229. The van der Waals surface area contributed by atoms with E-state index in [-0.39, 0.29) is 6.04 Å². The molecule has 4 heteroatoms. The standard InChI is InChI=1S/C15H22Cl2N2/c1-10-8-13(6-7-19(10)3)18-11(2)14-9-12(16)4-5-15(14)17/h4-5,9-11,13,18H,6-8H2,1-3H3. The second kappa shape index (κ2) is 6.45. The van der Waals surface area contributed by atoms with Crippen LogP contribution < -0.4 is 5.32 Å². The number of benzene rings is 1. The topological polar surface area (TPSA) is 15.3 Å². The number of nitrogens with one attached hydrogen (secondary N) is 1. The van der Waals surface area contributed by atoms with Gasteiger partial charge >= 0.3 is 0 Å². The summed E-state index contributed by atoms with van der Waals surface area (Å²) in [4.78, 5) is 2.41. The summed E-state index contributed by atoms with van der Waals surface area (Å²) in [6, 6.07) is 7.07. The summed E-state index contributed by atoms with van der Waals surface area (Å²) in [5.74, 6) is 0. The number of piperidine rings is 1. The van der Waals surface area contributed by atoms with Gasteiger partial charge in [0.05, 0.1) is 0 Å². The Kier molecular flexibility index (Phi) is 5.13. The summed E-state index contributed by atoms with van der Waals surface area (Å²) in [7, 11) is 2.19. The first-order valence-electron chi connectivity index (χ1n) is 6.88. The third kappa shape index (κ3) is 3.85. The number of halogens is 2. The summed E-state index contributed by atoms with van der Waals surface area (Å²) in [5, 5.41) is 5.21. The van der Waals surface area contributed by atoms with Gasteiger partial charge in [0.15, 0.2) is 0 Å². The fraction of sp³-hybridized carbons (Fsp3) is 0.600. The molecule has 3 atom stereocenters. The van der Waals surface area contributed by atoms with Crippen molar-refractivity contribution in [2.24, 2.45) is 0 Å². The highest BCUT2D eigenvalue weighted by Crippen LogP contribution is 2.27. The number of likely N-dealkylation sites (tertiary alicyclic amines) is 1. The van der Waals surface area contributed by atoms with E-state index >= 15 is 0 Å². The molecule has 1 aromatic carbocycles. The average molecular weight is 301 g/mol. The van der Waals surface area contributed by atoms with E-state index in [1.54, 1.807) is 0 Å². The number of hydrogen-bond donors (Lipinski definition) is 1. The molecule has 0 radical (unpaired) electrons. The van der Waals surface area contributed by atoms with Crippen LogP contribution in [-0.4, -0.2) is 30.6 Å². The normalized spacial score (nSPS) is 26.4. The highest BCUT2D eigenvalue weighted by Gasteiger charge is 2.24. The van der Waals surface area contributed by atoms with Gasteiger partial charge < -0.3 is 10.2 Å². The highest BCUT2D eigenvalue weighted by atomic mass is 35.5. The second-order valence-corrected chi connectivity index (χ2v) is 6.45. The van der Waals surface area contributed by atoms with Gasteiger partial charge in [-0.1, -0.05) is 23.2 Å². The summed E-state index contributed by atoms with van der Waals surface area (Å²) in [6.45, 7) is 5.58. The van der Waals surface area contributed by atoms with Crippen molar-refractivity contribution < 1.29 is 0 Å². The summed E-state index contributed by atoms with van der Waals surface area (Å²) in [5.41, 5.74) is 1.08. The van der Waals surface area contributed by atoms with Gasteiger partial charge in [0.25, 0.3) is 0 Å². The number of hydrogen-bond acceptors (Lipinski definition) is 2. The summed E-state index contributed by atoms with van der Waals surface area (Å²) in [6.07, 6.45) is 2.36. The zero-order valence-corrected chi connectivity index (χ0v) is 13.3. The molecule has 106 valence electrons. The Morgan fingerprint density at radius 2 is 2.11 bits per heavy atom. The van der Waals surface area contributed by atoms with Gasteiger partial charge in [0.2, 0.25) is 0 Å². The van der Waals surface area contributed by atoms with Gasteiger partial charge in [-0.15, -0.1) is 0 Å². The first kappa shape index (κ1) is 15.1. The van der Waals surface area contributed by atoms with Crippen LogP contribution in [0.5, 0.6) is 0 Å². The molecule has 1 fully saturated rings. The van der Waals surface area contributed by atoms with Crippen molar-refractivity contribution in [1.82, 2.24) is 10.2 Å². The maximum atomic E-state index is 6.25. The smallest absolute Gasteiger partial charge is 0.0454 e. The van der Waals surface area contributed by atoms with E-state index in [9.17, 15) is 0 Å². The molecule has 0 aromatic heterocycles. The van der Waals surface area contributed by atoms with Crippen molar-refractivity contribution in [3.63, 3.8) is 0 Å². The largest absolute Gasteiger partial charge is 0.307 e. The van der Waals surface area contributed by atoms with Gasteiger partial charge in [-0.05, 0) is 64.0 Å². The van der Waals surface area contributed by atoms with Gasteiger partial charge in [0.1, 0.15) is 0 Å². The van der Waals surface area contributed by atoms with E-state index in [1.807, 2.05) is 18.2 Å². The molecule has 3 unspecified atom stereocenters. The molecule has 0 bridgehead atoms. The van der Waals surface area contributed by atoms with Crippen LogP contribution in [0.25, 0.3) is 0 Å². The molecule has 0 saturated carbocycles. The molecule has 0 aliphatic carbocycles. The third-order valence-electron chi connectivity index (χ3n) is 4.12. The SMILES string of the molecule is CC(NC1CCN(C)C(C)C1)c1cc(Cl)ccc1Cl. The van der Waals surface area contributed by atoms with Gasteiger partial charge in [-0.3, -0.25) is 0 Å². The monoisotopic (exact) mass is 300 g/mol. The molecule has 2 rings (SSSR count). The summed E-state index contributed by atoms with van der Waals surface area (Å²) >= 11 is 12.3. The van der Waals surface area contributed by atoms with Crippen LogP contribution >= 0.6 is 23.2 Å². The molecule has 1 aliphatic heterocycles. The summed E-state index contributed by atoms with van der Waals surface area (Å²) < 4.78 is 0. The molecule has 19 heavy (non-hydrogen) atoms. The van der Waals surface area contributed by atoms with E-state index in [4.69, 9.17) is 23.2 Å². The van der Waals surface area contributed by atoms with Crippen molar-refractivity contribution in [3.8, 4) is 0 Å². The molecule has 1 aromatic rings. The predicted molar refractivity (Wildman–Crippen MR) is 83.1 cm³/mol. The molecule has 2 nitrogen and oxygen atoms in total. The first-order chi connectivity index (χ1) is 8.97. The highest BCUT2D eigenvalue weighted by molar-refractivity contribution is 6.33. The Hall–Kier alpha value is -0.280. The molecule has 0 spiro atoms. The Labute approximate surface area is 126 Å². The Balaban J connectivity index is 2.01. The van der Waals surface area contributed by atoms with E-state index in [2.05, 4.69) is 31.1 Å². The predicted octanol–water partition coefficient (Wildman–Crippen LogP) is 4.13. The Bertz CT molecular complexity index is 436. The molecular weight excluding hydrogens is 279 g/mol. The van der Waals surface area contributed by atoms with Crippen molar-refractivity contribution >= 4 is 23.2 Å². The maximum Gasteiger partial charge on any atom is 0.0454 e. The molecule has 1 N–H and O–H groups in total. The maximum absolute atomic E-state index is 6.25. The zero-order valence-electron chi connectivity index (χ0n) is 11.8. The first-order valence-corrected chi connectivity index (χ1v) is 7.64. The third-order valence-corrected chi connectivity index (χ3v) is 4.70. The van der Waals surface area contributed by atoms with Crippen LogP contribution in [0, 0.1) is 0 Å². The van der Waals surface area contributed by atoms with E-state index in [1.165, 1.54) is 12.8 Å². The molecule has 0 amide bonds. The van der Waals surface area contributed by atoms with Crippen LogP contribution in [0.4, 0.5) is 0 Å². The lowest BCUT2D eigenvalue weighted by Gasteiger charge is -2.37. The van der Waals surface area contributed by atoms with E-state index in [0.717, 1.165) is 22.2 Å². The van der Waals surface area contributed by atoms with Crippen LogP contribution in [-0.2, 0) is 0 Å². The molecule has 1 aliphatic rings. The van der Waals surface area contributed by atoms with Gasteiger partial charge in [-0.2, -0.15) is 0 Å². The lowest BCUT2D eigenvalue weighted by molar-refractivity contribution is 0.163. The van der Waals surface area contributed by atoms with Crippen LogP contribution in [0.2, 0.25) is 10.0 Å². The van der Waals surface area contributed by atoms with Gasteiger partial charge in [-0.25, -0.2) is 0 Å².